The number of aryl methyl sites for hydroxylation is 1. The van der Waals surface area contributed by atoms with Crippen molar-refractivity contribution in [2.24, 2.45) is 7.05 Å². The molecule has 188 valence electrons. The minimum atomic E-state index is -1.06. The lowest BCUT2D eigenvalue weighted by Gasteiger charge is -2.33. The van der Waals surface area contributed by atoms with Gasteiger partial charge in [-0.1, -0.05) is 35.0 Å². The molecule has 1 unspecified atom stereocenters. The molecule has 1 atom stereocenters. The molecule has 12 heteroatoms. The maximum absolute atomic E-state index is 14.5. The zero-order valence-electron chi connectivity index (χ0n) is 19.5. The normalized spacial score (nSPS) is 14.9. The molecule has 0 bridgehead atoms. The zero-order valence-corrected chi connectivity index (χ0v) is 20.3. The molecule has 2 aromatic heterocycles. The van der Waals surface area contributed by atoms with Gasteiger partial charge in [0.2, 0.25) is 0 Å². The second-order valence-electron chi connectivity index (χ2n) is 8.62. The summed E-state index contributed by atoms with van der Waals surface area (Å²) in [5, 5.41) is 21.3. The molecule has 0 spiro atoms. The molecule has 1 N–H and O–H groups in total. The van der Waals surface area contributed by atoms with Crippen LogP contribution >= 0.6 is 11.6 Å². The third kappa shape index (κ3) is 4.60. The summed E-state index contributed by atoms with van der Waals surface area (Å²) >= 11 is 5.86. The van der Waals surface area contributed by atoms with E-state index in [1.807, 2.05) is 0 Å². The van der Waals surface area contributed by atoms with Crippen molar-refractivity contribution in [3.05, 3.63) is 93.8 Å². The molecule has 4 aromatic rings. The van der Waals surface area contributed by atoms with Gasteiger partial charge >= 0.3 is 5.97 Å². The van der Waals surface area contributed by atoms with Gasteiger partial charge in [0.25, 0.3) is 5.91 Å². The number of amides is 1. The van der Waals surface area contributed by atoms with Crippen molar-refractivity contribution in [3.8, 4) is 5.69 Å². The van der Waals surface area contributed by atoms with Crippen LogP contribution in [0, 0.1) is 5.82 Å². The van der Waals surface area contributed by atoms with E-state index in [0.717, 1.165) is 10.4 Å². The number of Topliss-reactive ketones (excluding diaryl/α,β-unsaturated/α-hetero) is 1. The van der Waals surface area contributed by atoms with E-state index in [2.05, 4.69) is 15.4 Å². The fraction of sp³-hybridized carbons (Fsp3) is 0.200. The molecule has 0 saturated carbocycles. The molecule has 0 radical (unpaired) electrons. The van der Waals surface area contributed by atoms with Gasteiger partial charge in [-0.25, -0.2) is 13.9 Å². The lowest BCUT2D eigenvalue weighted by molar-refractivity contribution is -0.123. The van der Waals surface area contributed by atoms with Crippen molar-refractivity contribution in [1.82, 2.24) is 29.7 Å². The van der Waals surface area contributed by atoms with Gasteiger partial charge in [0.1, 0.15) is 11.7 Å². The predicted octanol–water partition coefficient (Wildman–Crippen LogP) is 3.04. The second kappa shape index (κ2) is 9.58. The molecule has 1 amide bonds. The van der Waals surface area contributed by atoms with E-state index < -0.39 is 23.7 Å². The molecule has 0 fully saturated rings. The van der Waals surface area contributed by atoms with E-state index >= 15 is 0 Å². The van der Waals surface area contributed by atoms with Gasteiger partial charge in [0.05, 0.1) is 22.5 Å². The Morgan fingerprint density at radius 2 is 1.89 bits per heavy atom. The summed E-state index contributed by atoms with van der Waals surface area (Å²) in [6.45, 7) is 0.218. The molecule has 5 rings (SSSR count). The predicted molar refractivity (Wildman–Crippen MR) is 129 cm³/mol. The SMILES string of the molecule is Cn1cc2c(n1)CCN(C(=O)c1cn(-c3cccc(Cl)c3F)nn1)C2C(=O)Cc1ccc(C(=O)O)cc1. The highest BCUT2D eigenvalue weighted by Crippen LogP contribution is 2.32. The van der Waals surface area contributed by atoms with Crippen LogP contribution in [0.4, 0.5) is 4.39 Å². The summed E-state index contributed by atoms with van der Waals surface area (Å²) in [5.41, 5.74) is 2.03. The average Bonchev–Trinajstić information content (AvgIpc) is 3.51. The molecule has 10 nitrogen and oxygen atoms in total. The Morgan fingerprint density at radius 3 is 2.62 bits per heavy atom. The standard InChI is InChI=1S/C25H20ClFN6O4/c1-31-12-16-18(29-31)9-10-32(23(16)21(34)11-14-5-7-15(8-6-14)25(36)37)24(35)19-13-33(30-28-19)20-4-2-3-17(26)22(20)27/h2-8,12-13,23H,9-11H2,1H3,(H,36,37). The van der Waals surface area contributed by atoms with E-state index in [4.69, 9.17) is 16.7 Å². The van der Waals surface area contributed by atoms with Gasteiger partial charge < -0.3 is 10.0 Å². The Balaban J connectivity index is 1.45. The number of carbonyl (C=O) groups excluding carboxylic acids is 2. The number of carboxylic acid groups (broad SMARTS) is 1. The number of rotatable bonds is 6. The zero-order chi connectivity index (χ0) is 26.3. The lowest BCUT2D eigenvalue weighted by atomic mass is 9.92. The third-order valence-corrected chi connectivity index (χ3v) is 6.46. The highest BCUT2D eigenvalue weighted by Gasteiger charge is 2.38. The van der Waals surface area contributed by atoms with Crippen LogP contribution in [0.3, 0.4) is 0 Å². The van der Waals surface area contributed by atoms with Crippen molar-refractivity contribution >= 4 is 29.3 Å². The van der Waals surface area contributed by atoms with Crippen molar-refractivity contribution in [1.29, 1.82) is 0 Å². The summed E-state index contributed by atoms with van der Waals surface area (Å²) < 4.78 is 17.2. The number of aromatic nitrogens is 5. The number of hydrogen-bond donors (Lipinski definition) is 1. The van der Waals surface area contributed by atoms with E-state index in [9.17, 15) is 18.8 Å². The molecule has 1 aliphatic heterocycles. The second-order valence-corrected chi connectivity index (χ2v) is 9.03. The van der Waals surface area contributed by atoms with Crippen LogP contribution in [-0.2, 0) is 24.7 Å². The summed E-state index contributed by atoms with van der Waals surface area (Å²) in [7, 11) is 1.74. The smallest absolute Gasteiger partial charge is 0.335 e. The number of nitrogens with zero attached hydrogens (tertiary/aromatic N) is 6. The first kappa shape index (κ1) is 24.3. The van der Waals surface area contributed by atoms with Gasteiger partial charge in [-0.05, 0) is 29.8 Å². The van der Waals surface area contributed by atoms with Gasteiger partial charge in [-0.2, -0.15) is 5.10 Å². The van der Waals surface area contributed by atoms with Crippen molar-refractivity contribution in [3.63, 3.8) is 0 Å². The Labute approximate surface area is 214 Å². The Hall–Kier alpha value is -4.38. The van der Waals surface area contributed by atoms with Crippen LogP contribution < -0.4 is 0 Å². The lowest BCUT2D eigenvalue weighted by Crippen LogP contribution is -2.44. The van der Waals surface area contributed by atoms with Crippen LogP contribution in [0.5, 0.6) is 0 Å². The molecule has 1 aliphatic rings. The number of benzene rings is 2. The topological polar surface area (TPSA) is 123 Å². The Kier molecular flexibility index (Phi) is 6.30. The maximum Gasteiger partial charge on any atom is 0.335 e. The van der Waals surface area contributed by atoms with Crippen LogP contribution in [0.25, 0.3) is 5.69 Å². The fourth-order valence-corrected chi connectivity index (χ4v) is 4.59. The minimum absolute atomic E-state index is 0.0247. The first-order chi connectivity index (χ1) is 17.7. The van der Waals surface area contributed by atoms with E-state index in [1.165, 1.54) is 35.4 Å². The van der Waals surface area contributed by atoms with E-state index in [0.29, 0.717) is 17.5 Å². The van der Waals surface area contributed by atoms with Gasteiger partial charge in [-0.3, -0.25) is 14.3 Å². The largest absolute Gasteiger partial charge is 0.478 e. The first-order valence-corrected chi connectivity index (χ1v) is 11.7. The number of ketones is 1. The minimum Gasteiger partial charge on any atom is -0.478 e. The van der Waals surface area contributed by atoms with Crippen LogP contribution in [-0.4, -0.2) is 59.0 Å². The average molecular weight is 523 g/mol. The first-order valence-electron chi connectivity index (χ1n) is 11.3. The summed E-state index contributed by atoms with van der Waals surface area (Å²) in [4.78, 5) is 39.7. The summed E-state index contributed by atoms with van der Waals surface area (Å²) in [5.74, 6) is -2.57. The molecule has 0 aliphatic carbocycles. The number of fused-ring (bicyclic) bond motifs is 1. The molecule has 37 heavy (non-hydrogen) atoms. The maximum atomic E-state index is 14.5. The van der Waals surface area contributed by atoms with Crippen molar-refractivity contribution in [2.45, 2.75) is 18.9 Å². The number of carboxylic acids is 1. The van der Waals surface area contributed by atoms with Crippen molar-refractivity contribution < 1.29 is 23.9 Å². The Morgan fingerprint density at radius 1 is 1.14 bits per heavy atom. The number of halogens is 2. The molecular formula is C25H20ClFN6O4. The van der Waals surface area contributed by atoms with Crippen LogP contribution in [0.2, 0.25) is 5.02 Å². The molecule has 3 heterocycles. The quantitative estimate of drug-likeness (QED) is 0.413. The van der Waals surface area contributed by atoms with Gasteiger partial charge in [-0.15, -0.1) is 5.10 Å². The number of aromatic carboxylic acids is 1. The van der Waals surface area contributed by atoms with E-state index in [1.54, 1.807) is 36.1 Å². The molecular weight excluding hydrogens is 503 g/mol. The van der Waals surface area contributed by atoms with Crippen molar-refractivity contribution in [2.75, 3.05) is 6.54 Å². The van der Waals surface area contributed by atoms with E-state index in [-0.39, 0.29) is 40.7 Å². The molecule has 2 aromatic carbocycles. The third-order valence-electron chi connectivity index (χ3n) is 6.17. The number of carbonyl (C=O) groups is 3. The van der Waals surface area contributed by atoms with Crippen LogP contribution in [0.15, 0.2) is 54.9 Å². The summed E-state index contributed by atoms with van der Waals surface area (Å²) in [6.07, 6.45) is 3.42. The fourth-order valence-electron chi connectivity index (χ4n) is 4.42. The number of hydrogen-bond acceptors (Lipinski definition) is 6. The Bertz CT molecular complexity index is 1530. The van der Waals surface area contributed by atoms with Gasteiger partial charge in [0.15, 0.2) is 17.3 Å². The summed E-state index contributed by atoms with van der Waals surface area (Å²) in [6, 6.07) is 9.47. The monoisotopic (exact) mass is 522 g/mol. The van der Waals surface area contributed by atoms with Crippen LogP contribution in [0.1, 0.15) is 43.7 Å². The van der Waals surface area contributed by atoms with Gasteiger partial charge in [0, 0.05) is 38.2 Å². The highest BCUT2D eigenvalue weighted by atomic mass is 35.5. The highest BCUT2D eigenvalue weighted by molar-refractivity contribution is 6.30. The molecule has 0 saturated heterocycles.